The number of carbonyl (C=O) groups is 1. The van der Waals surface area contributed by atoms with Crippen LogP contribution in [0.2, 0.25) is 0 Å². The molecule has 0 unspecified atom stereocenters. The molecule has 0 aliphatic carbocycles. The van der Waals surface area contributed by atoms with Crippen molar-refractivity contribution >= 4 is 38.1 Å². The summed E-state index contributed by atoms with van der Waals surface area (Å²) in [5, 5.41) is 8.26. The number of ether oxygens (including phenoxy) is 1. The molecule has 1 fully saturated rings. The predicted octanol–water partition coefficient (Wildman–Crippen LogP) is 3.61. The zero-order chi connectivity index (χ0) is 22.7. The zero-order valence-corrected chi connectivity index (χ0v) is 19.0. The number of hydrogen-bond acceptors (Lipinski definition) is 5. The minimum Gasteiger partial charge on any atom is -0.379 e. The van der Waals surface area contributed by atoms with Crippen LogP contribution in [0, 0.1) is 6.92 Å². The summed E-state index contributed by atoms with van der Waals surface area (Å²) in [5.74, 6) is -0.253. The Kier molecular flexibility index (Phi) is 6.45. The lowest BCUT2D eigenvalue weighted by Gasteiger charge is -2.27. The molecule has 168 valence electrons. The summed E-state index contributed by atoms with van der Waals surface area (Å²) in [6, 6.07) is 18.4. The topological polar surface area (TPSA) is 87.7 Å². The highest BCUT2D eigenvalue weighted by Gasteiger charge is 2.28. The van der Waals surface area contributed by atoms with Gasteiger partial charge in [-0.3, -0.25) is 4.79 Å². The standard InChI is InChI=1S/C24H27N3O4S/c1-17-7-9-22(16-23(17)32(29,30)27-11-13-31-14-12-27)26-24(28)18(2)25-21-10-8-19-5-3-4-6-20(19)15-21/h3-10,15-16,18,25H,11-14H2,1-2H3,(H,26,28)/t18-/m1/s1. The van der Waals surface area contributed by atoms with Crippen molar-refractivity contribution in [2.75, 3.05) is 36.9 Å². The van der Waals surface area contributed by atoms with Gasteiger partial charge in [-0.1, -0.05) is 36.4 Å². The van der Waals surface area contributed by atoms with Crippen LogP contribution in [0.4, 0.5) is 11.4 Å². The molecule has 1 atom stereocenters. The Morgan fingerprint density at radius 1 is 0.969 bits per heavy atom. The molecule has 4 rings (SSSR count). The molecule has 0 radical (unpaired) electrons. The normalized spacial score (nSPS) is 15.9. The van der Waals surface area contributed by atoms with Gasteiger partial charge in [0.15, 0.2) is 0 Å². The number of hydrogen-bond donors (Lipinski definition) is 2. The Bertz CT molecular complexity index is 1240. The van der Waals surface area contributed by atoms with Crippen molar-refractivity contribution in [2.24, 2.45) is 0 Å². The molecule has 0 aromatic heterocycles. The number of carbonyl (C=O) groups excluding carboxylic acids is 1. The summed E-state index contributed by atoms with van der Waals surface area (Å²) >= 11 is 0. The van der Waals surface area contributed by atoms with Gasteiger partial charge in [0.25, 0.3) is 0 Å². The lowest BCUT2D eigenvalue weighted by atomic mass is 10.1. The minimum atomic E-state index is -3.65. The third-order valence-corrected chi connectivity index (χ3v) is 7.61. The van der Waals surface area contributed by atoms with Crippen molar-refractivity contribution in [1.82, 2.24) is 4.31 Å². The second-order valence-corrected chi connectivity index (χ2v) is 9.82. The van der Waals surface area contributed by atoms with Crippen LogP contribution in [0.3, 0.4) is 0 Å². The number of anilines is 2. The maximum absolute atomic E-state index is 13.1. The van der Waals surface area contributed by atoms with Gasteiger partial charge in [0, 0.05) is 24.5 Å². The van der Waals surface area contributed by atoms with Crippen molar-refractivity contribution in [3.05, 3.63) is 66.2 Å². The molecule has 1 amide bonds. The van der Waals surface area contributed by atoms with Crippen LogP contribution in [0.25, 0.3) is 10.8 Å². The summed E-state index contributed by atoms with van der Waals surface area (Å²) in [6.07, 6.45) is 0. The van der Waals surface area contributed by atoms with Crippen LogP contribution in [0.1, 0.15) is 12.5 Å². The van der Waals surface area contributed by atoms with Gasteiger partial charge in [-0.05, 0) is 54.4 Å². The predicted molar refractivity (Wildman–Crippen MR) is 126 cm³/mol. The van der Waals surface area contributed by atoms with Crippen LogP contribution in [0.15, 0.2) is 65.6 Å². The summed E-state index contributed by atoms with van der Waals surface area (Å²) in [6.45, 7) is 4.93. The highest BCUT2D eigenvalue weighted by molar-refractivity contribution is 7.89. The van der Waals surface area contributed by atoms with Gasteiger partial charge in [-0.15, -0.1) is 0 Å². The summed E-state index contributed by atoms with van der Waals surface area (Å²) in [7, 11) is -3.65. The van der Waals surface area contributed by atoms with Gasteiger partial charge in [-0.25, -0.2) is 8.42 Å². The lowest BCUT2D eigenvalue weighted by molar-refractivity contribution is -0.116. The third-order valence-electron chi connectivity index (χ3n) is 5.57. The van der Waals surface area contributed by atoms with E-state index in [1.54, 1.807) is 26.0 Å². The summed E-state index contributed by atoms with van der Waals surface area (Å²) < 4.78 is 32.8. The van der Waals surface area contributed by atoms with E-state index in [1.807, 2.05) is 42.5 Å². The molecule has 3 aromatic carbocycles. The fraction of sp³-hybridized carbons (Fsp3) is 0.292. The van der Waals surface area contributed by atoms with Gasteiger partial charge in [0.1, 0.15) is 6.04 Å². The maximum atomic E-state index is 13.1. The first kappa shape index (κ1) is 22.3. The molecule has 8 heteroatoms. The number of nitrogens with zero attached hydrogens (tertiary/aromatic N) is 1. The van der Waals surface area contributed by atoms with E-state index in [-0.39, 0.29) is 10.8 Å². The fourth-order valence-electron chi connectivity index (χ4n) is 3.73. The van der Waals surface area contributed by atoms with Gasteiger partial charge < -0.3 is 15.4 Å². The smallest absolute Gasteiger partial charge is 0.246 e. The largest absolute Gasteiger partial charge is 0.379 e. The van der Waals surface area contributed by atoms with Crippen molar-refractivity contribution in [1.29, 1.82) is 0 Å². The van der Waals surface area contributed by atoms with E-state index in [0.29, 0.717) is 37.6 Å². The number of morpholine rings is 1. The molecule has 0 spiro atoms. The Balaban J connectivity index is 1.48. The molecular weight excluding hydrogens is 426 g/mol. The first-order valence-electron chi connectivity index (χ1n) is 10.6. The van der Waals surface area contributed by atoms with Crippen molar-refractivity contribution in [2.45, 2.75) is 24.8 Å². The molecule has 1 aliphatic rings. The number of aryl methyl sites for hydroxylation is 1. The van der Waals surface area contributed by atoms with E-state index in [2.05, 4.69) is 10.6 Å². The molecule has 0 bridgehead atoms. The Hall–Kier alpha value is -2.94. The minimum absolute atomic E-state index is 0.201. The van der Waals surface area contributed by atoms with Crippen molar-refractivity contribution < 1.29 is 17.9 Å². The third kappa shape index (κ3) is 4.77. The van der Waals surface area contributed by atoms with Crippen LogP contribution in [-0.4, -0.2) is 51.0 Å². The van der Waals surface area contributed by atoms with Crippen LogP contribution in [0.5, 0.6) is 0 Å². The average Bonchev–Trinajstić information content (AvgIpc) is 2.80. The van der Waals surface area contributed by atoms with E-state index in [1.165, 1.54) is 10.4 Å². The number of nitrogens with one attached hydrogen (secondary N) is 2. The lowest BCUT2D eigenvalue weighted by Crippen LogP contribution is -2.40. The number of rotatable bonds is 6. The van der Waals surface area contributed by atoms with Crippen LogP contribution in [-0.2, 0) is 19.6 Å². The first-order valence-corrected chi connectivity index (χ1v) is 12.0. The van der Waals surface area contributed by atoms with Gasteiger partial charge >= 0.3 is 0 Å². The molecule has 32 heavy (non-hydrogen) atoms. The van der Waals surface area contributed by atoms with E-state index in [4.69, 9.17) is 4.74 Å². The Labute approximate surface area is 188 Å². The zero-order valence-electron chi connectivity index (χ0n) is 18.2. The molecule has 1 saturated heterocycles. The molecule has 2 N–H and O–H groups in total. The van der Waals surface area contributed by atoms with Gasteiger partial charge in [0.2, 0.25) is 15.9 Å². The van der Waals surface area contributed by atoms with Crippen molar-refractivity contribution in [3.63, 3.8) is 0 Å². The van der Waals surface area contributed by atoms with Crippen LogP contribution >= 0.6 is 0 Å². The Morgan fingerprint density at radius 3 is 2.41 bits per heavy atom. The highest BCUT2D eigenvalue weighted by Crippen LogP contribution is 2.25. The number of sulfonamides is 1. The monoisotopic (exact) mass is 453 g/mol. The van der Waals surface area contributed by atoms with Crippen LogP contribution < -0.4 is 10.6 Å². The highest BCUT2D eigenvalue weighted by atomic mass is 32.2. The SMILES string of the molecule is Cc1ccc(NC(=O)[C@@H](C)Nc2ccc3ccccc3c2)cc1S(=O)(=O)N1CCOCC1. The van der Waals surface area contributed by atoms with Gasteiger partial charge in [0.05, 0.1) is 18.1 Å². The fourth-order valence-corrected chi connectivity index (χ4v) is 5.39. The second kappa shape index (κ2) is 9.28. The van der Waals surface area contributed by atoms with E-state index >= 15 is 0 Å². The molecule has 1 aliphatic heterocycles. The summed E-state index contributed by atoms with van der Waals surface area (Å²) in [5.41, 5.74) is 1.92. The molecule has 0 saturated carbocycles. The number of fused-ring (bicyclic) bond motifs is 1. The molecule has 1 heterocycles. The van der Waals surface area contributed by atoms with Gasteiger partial charge in [-0.2, -0.15) is 4.31 Å². The van der Waals surface area contributed by atoms with E-state index in [0.717, 1.165) is 16.5 Å². The average molecular weight is 454 g/mol. The Morgan fingerprint density at radius 2 is 1.66 bits per heavy atom. The maximum Gasteiger partial charge on any atom is 0.246 e. The molecule has 7 nitrogen and oxygen atoms in total. The number of amides is 1. The van der Waals surface area contributed by atoms with Crippen molar-refractivity contribution in [3.8, 4) is 0 Å². The summed E-state index contributed by atoms with van der Waals surface area (Å²) in [4.78, 5) is 13.0. The molecule has 3 aromatic rings. The first-order chi connectivity index (χ1) is 15.3. The van der Waals surface area contributed by atoms with E-state index < -0.39 is 16.1 Å². The second-order valence-electron chi connectivity index (χ2n) is 7.91. The number of benzene rings is 3. The van der Waals surface area contributed by atoms with E-state index in [9.17, 15) is 13.2 Å². The molecular formula is C24H27N3O4S. The quantitative estimate of drug-likeness (QED) is 0.595.